The highest BCUT2D eigenvalue weighted by atomic mass is 14.9. The third-order valence-corrected chi connectivity index (χ3v) is 3.89. The molecule has 118 valence electrons. The Kier molecular flexibility index (Phi) is 5.99. The Labute approximate surface area is 140 Å². The number of hydrogen-bond donors (Lipinski definition) is 1. The minimum atomic E-state index is 0.569. The Bertz CT molecular complexity index is 706. The standard InChI is InChI=1S/C22H25N/c1-17(2)18(3)11-10-12-19(4)21-15-8-9-16-22(21)23-20-13-6-5-7-14-20/h5-17,23H,4H2,1-3H3/b12-10-,18-11+. The summed E-state index contributed by atoms with van der Waals surface area (Å²) in [5.41, 5.74) is 5.62. The van der Waals surface area contributed by atoms with Crippen LogP contribution in [-0.4, -0.2) is 0 Å². The molecule has 0 saturated heterocycles. The number of para-hydroxylation sites is 2. The van der Waals surface area contributed by atoms with Crippen LogP contribution in [0.25, 0.3) is 5.57 Å². The minimum absolute atomic E-state index is 0.569. The van der Waals surface area contributed by atoms with Gasteiger partial charge in [-0.3, -0.25) is 0 Å². The van der Waals surface area contributed by atoms with E-state index in [-0.39, 0.29) is 0 Å². The predicted molar refractivity (Wildman–Crippen MR) is 103 cm³/mol. The van der Waals surface area contributed by atoms with Crippen molar-refractivity contribution in [1.29, 1.82) is 0 Å². The van der Waals surface area contributed by atoms with E-state index in [4.69, 9.17) is 0 Å². The first-order chi connectivity index (χ1) is 11.1. The van der Waals surface area contributed by atoms with Crippen molar-refractivity contribution in [2.75, 3.05) is 5.32 Å². The molecule has 2 aromatic carbocycles. The van der Waals surface area contributed by atoms with Gasteiger partial charge in [0.15, 0.2) is 0 Å². The van der Waals surface area contributed by atoms with Crippen molar-refractivity contribution in [2.45, 2.75) is 20.8 Å². The van der Waals surface area contributed by atoms with Gasteiger partial charge in [-0.05, 0) is 36.6 Å². The van der Waals surface area contributed by atoms with Gasteiger partial charge in [0.2, 0.25) is 0 Å². The zero-order chi connectivity index (χ0) is 16.7. The van der Waals surface area contributed by atoms with E-state index in [1.54, 1.807) is 0 Å². The molecule has 1 nitrogen and oxygen atoms in total. The number of rotatable bonds is 6. The zero-order valence-corrected chi connectivity index (χ0v) is 14.2. The smallest absolute Gasteiger partial charge is 0.0463 e. The molecule has 0 atom stereocenters. The number of hydrogen-bond acceptors (Lipinski definition) is 1. The fourth-order valence-corrected chi connectivity index (χ4v) is 2.15. The van der Waals surface area contributed by atoms with E-state index < -0.39 is 0 Å². The molecule has 2 rings (SSSR count). The van der Waals surface area contributed by atoms with Crippen LogP contribution in [0, 0.1) is 5.92 Å². The number of anilines is 2. The van der Waals surface area contributed by atoms with Crippen molar-refractivity contribution in [3.8, 4) is 0 Å². The molecule has 1 N–H and O–H groups in total. The van der Waals surface area contributed by atoms with Gasteiger partial charge in [-0.2, -0.15) is 0 Å². The van der Waals surface area contributed by atoms with Crippen LogP contribution in [0.4, 0.5) is 11.4 Å². The van der Waals surface area contributed by atoms with Crippen LogP contribution in [0.3, 0.4) is 0 Å². The van der Waals surface area contributed by atoms with Gasteiger partial charge in [-0.25, -0.2) is 0 Å². The SMILES string of the molecule is C=C(/C=C\C=C(/C)C(C)C)c1ccccc1Nc1ccccc1. The molecule has 0 aliphatic rings. The summed E-state index contributed by atoms with van der Waals surface area (Å²) < 4.78 is 0. The second-order valence-electron chi connectivity index (χ2n) is 5.99. The topological polar surface area (TPSA) is 12.0 Å². The molecule has 23 heavy (non-hydrogen) atoms. The molecular formula is C22H25N. The van der Waals surface area contributed by atoms with E-state index in [0.717, 1.165) is 22.5 Å². The maximum absolute atomic E-state index is 4.21. The quantitative estimate of drug-likeness (QED) is 0.593. The van der Waals surface area contributed by atoms with Crippen LogP contribution >= 0.6 is 0 Å². The molecule has 0 amide bonds. The van der Waals surface area contributed by atoms with Crippen molar-refractivity contribution in [3.63, 3.8) is 0 Å². The lowest BCUT2D eigenvalue weighted by Crippen LogP contribution is -1.94. The summed E-state index contributed by atoms with van der Waals surface area (Å²) in [6, 6.07) is 18.4. The van der Waals surface area contributed by atoms with Crippen molar-refractivity contribution in [1.82, 2.24) is 0 Å². The van der Waals surface area contributed by atoms with Crippen LogP contribution in [0.5, 0.6) is 0 Å². The number of nitrogens with one attached hydrogen (secondary N) is 1. The molecule has 0 fully saturated rings. The van der Waals surface area contributed by atoms with Crippen molar-refractivity contribution >= 4 is 16.9 Å². The van der Waals surface area contributed by atoms with Crippen LogP contribution in [-0.2, 0) is 0 Å². The van der Waals surface area contributed by atoms with E-state index in [0.29, 0.717) is 5.92 Å². The summed E-state index contributed by atoms with van der Waals surface area (Å²) in [5.74, 6) is 0.569. The van der Waals surface area contributed by atoms with Gasteiger partial charge in [-0.15, -0.1) is 0 Å². The highest BCUT2D eigenvalue weighted by Crippen LogP contribution is 2.26. The molecule has 0 heterocycles. The summed E-state index contributed by atoms with van der Waals surface area (Å²) in [6.07, 6.45) is 6.30. The van der Waals surface area contributed by atoms with E-state index >= 15 is 0 Å². The molecule has 2 aromatic rings. The van der Waals surface area contributed by atoms with Gasteiger partial charge in [0.25, 0.3) is 0 Å². The molecule has 0 radical (unpaired) electrons. The lowest BCUT2D eigenvalue weighted by Gasteiger charge is -2.12. The molecular weight excluding hydrogens is 278 g/mol. The molecule has 0 aliphatic carbocycles. The molecule has 0 aromatic heterocycles. The van der Waals surface area contributed by atoms with Crippen LogP contribution in [0.2, 0.25) is 0 Å². The summed E-state index contributed by atoms with van der Waals surface area (Å²) in [7, 11) is 0. The van der Waals surface area contributed by atoms with Gasteiger partial charge >= 0.3 is 0 Å². The monoisotopic (exact) mass is 303 g/mol. The Balaban J connectivity index is 2.18. The maximum atomic E-state index is 4.21. The highest BCUT2D eigenvalue weighted by Gasteiger charge is 2.03. The highest BCUT2D eigenvalue weighted by molar-refractivity contribution is 5.82. The van der Waals surface area contributed by atoms with Crippen LogP contribution < -0.4 is 5.32 Å². The van der Waals surface area contributed by atoms with Crippen LogP contribution in [0.1, 0.15) is 26.3 Å². The Morgan fingerprint density at radius 3 is 2.35 bits per heavy atom. The summed E-state index contributed by atoms with van der Waals surface area (Å²) >= 11 is 0. The first-order valence-corrected chi connectivity index (χ1v) is 8.03. The first-order valence-electron chi connectivity index (χ1n) is 8.03. The Hall–Kier alpha value is -2.54. The second-order valence-corrected chi connectivity index (χ2v) is 5.99. The predicted octanol–water partition coefficient (Wildman–Crippen LogP) is 6.60. The van der Waals surface area contributed by atoms with E-state index in [1.807, 2.05) is 30.3 Å². The van der Waals surface area contributed by atoms with Crippen molar-refractivity contribution in [2.24, 2.45) is 5.92 Å². The lowest BCUT2D eigenvalue weighted by molar-refractivity contribution is 0.769. The summed E-state index contributed by atoms with van der Waals surface area (Å²) in [4.78, 5) is 0. The molecule has 0 bridgehead atoms. The fourth-order valence-electron chi connectivity index (χ4n) is 2.15. The minimum Gasteiger partial charge on any atom is -0.355 e. The van der Waals surface area contributed by atoms with Crippen molar-refractivity contribution in [3.05, 3.63) is 90.5 Å². The number of allylic oxidation sites excluding steroid dienone is 5. The molecule has 0 aliphatic heterocycles. The third-order valence-electron chi connectivity index (χ3n) is 3.89. The molecule has 1 heteroatoms. The number of benzene rings is 2. The van der Waals surface area contributed by atoms with E-state index in [1.165, 1.54) is 5.57 Å². The van der Waals surface area contributed by atoms with Gasteiger partial charge in [0, 0.05) is 16.9 Å². The Morgan fingerprint density at radius 1 is 1.00 bits per heavy atom. The van der Waals surface area contributed by atoms with Gasteiger partial charge in [0.05, 0.1) is 0 Å². The molecule has 0 saturated carbocycles. The van der Waals surface area contributed by atoms with Gasteiger partial charge < -0.3 is 5.32 Å². The van der Waals surface area contributed by atoms with Gasteiger partial charge in [0.1, 0.15) is 0 Å². The van der Waals surface area contributed by atoms with E-state index in [2.05, 4.69) is 75.2 Å². The van der Waals surface area contributed by atoms with Crippen LogP contribution in [0.15, 0.2) is 85.0 Å². The molecule has 0 spiro atoms. The summed E-state index contributed by atoms with van der Waals surface area (Å²) in [5, 5.41) is 3.46. The second kappa shape index (κ2) is 8.19. The van der Waals surface area contributed by atoms with Crippen molar-refractivity contribution < 1.29 is 0 Å². The lowest BCUT2D eigenvalue weighted by atomic mass is 10.0. The average molecular weight is 303 g/mol. The fraction of sp³-hybridized carbons (Fsp3) is 0.182. The maximum Gasteiger partial charge on any atom is 0.0463 e. The largest absolute Gasteiger partial charge is 0.355 e. The third kappa shape index (κ3) is 5.00. The Morgan fingerprint density at radius 2 is 1.65 bits per heavy atom. The van der Waals surface area contributed by atoms with E-state index in [9.17, 15) is 0 Å². The van der Waals surface area contributed by atoms with Gasteiger partial charge in [-0.1, -0.05) is 80.6 Å². The average Bonchev–Trinajstić information content (AvgIpc) is 2.56. The zero-order valence-electron chi connectivity index (χ0n) is 14.2. The summed E-state index contributed by atoms with van der Waals surface area (Å²) in [6.45, 7) is 10.8. The first kappa shape index (κ1) is 16.8. The molecule has 0 unspecified atom stereocenters. The normalized spacial score (nSPS) is 11.9.